The normalized spacial score (nSPS) is 23.4. The maximum Gasteiger partial charge on any atom is 0.282 e. The van der Waals surface area contributed by atoms with Gasteiger partial charge in [0, 0.05) is 52.2 Å². The average Bonchev–Trinajstić information content (AvgIpc) is 3.11. The van der Waals surface area contributed by atoms with Crippen molar-refractivity contribution in [3.8, 4) is 5.75 Å². The lowest BCUT2D eigenvalue weighted by Crippen LogP contribution is -2.54. The Balaban J connectivity index is 1.33. The Morgan fingerprint density at radius 2 is 1.64 bits per heavy atom. The third-order valence-electron chi connectivity index (χ3n) is 5.11. The van der Waals surface area contributed by atoms with Gasteiger partial charge in [-0.3, -0.25) is 4.90 Å². The smallest absolute Gasteiger partial charge is 0.282 e. The summed E-state index contributed by atoms with van der Waals surface area (Å²) < 4.78 is 39.4. The summed E-state index contributed by atoms with van der Waals surface area (Å²) in [4.78, 5) is 2.32. The van der Waals surface area contributed by atoms with Crippen LogP contribution in [-0.4, -0.2) is 81.0 Å². The topological polar surface area (TPSA) is 62.3 Å². The summed E-state index contributed by atoms with van der Waals surface area (Å²) in [6.45, 7) is 6.15. The zero-order chi connectivity index (χ0) is 17.3. The number of hydrogen-bond donors (Lipinski definition) is 0. The van der Waals surface area contributed by atoms with Crippen LogP contribution in [0.3, 0.4) is 0 Å². The fourth-order valence-electron chi connectivity index (χ4n) is 3.66. The summed E-state index contributed by atoms with van der Waals surface area (Å²) in [5, 5.41) is 0. The van der Waals surface area contributed by atoms with E-state index in [9.17, 15) is 8.42 Å². The fourth-order valence-corrected chi connectivity index (χ4v) is 5.22. The third-order valence-corrected chi connectivity index (χ3v) is 7.15. The number of benzene rings is 1. The number of morpholine rings is 1. The van der Waals surface area contributed by atoms with E-state index < -0.39 is 10.2 Å². The molecule has 0 radical (unpaired) electrons. The van der Waals surface area contributed by atoms with E-state index in [0.29, 0.717) is 39.4 Å². The highest BCUT2D eigenvalue weighted by Crippen LogP contribution is 2.26. The van der Waals surface area contributed by atoms with Crippen molar-refractivity contribution in [3.63, 3.8) is 0 Å². The molecule has 0 spiro atoms. The Kier molecular flexibility index (Phi) is 4.97. The van der Waals surface area contributed by atoms with Crippen molar-refractivity contribution >= 4 is 10.2 Å². The molecular formula is C17H25N3O4S. The monoisotopic (exact) mass is 367 g/mol. The predicted molar refractivity (Wildman–Crippen MR) is 93.8 cm³/mol. The molecule has 7 nitrogen and oxygen atoms in total. The van der Waals surface area contributed by atoms with Crippen molar-refractivity contribution in [3.05, 3.63) is 29.3 Å². The Morgan fingerprint density at radius 1 is 0.920 bits per heavy atom. The molecule has 2 fully saturated rings. The lowest BCUT2D eigenvalue weighted by Gasteiger charge is -2.37. The molecule has 3 heterocycles. The second kappa shape index (κ2) is 7.20. The van der Waals surface area contributed by atoms with Crippen LogP contribution in [0.1, 0.15) is 11.1 Å². The minimum atomic E-state index is -3.35. The van der Waals surface area contributed by atoms with Crippen LogP contribution in [0.2, 0.25) is 0 Å². The summed E-state index contributed by atoms with van der Waals surface area (Å²) in [5.41, 5.74) is 2.56. The Bertz CT molecular complexity index is 711. The first-order valence-electron chi connectivity index (χ1n) is 8.93. The zero-order valence-corrected chi connectivity index (χ0v) is 15.2. The van der Waals surface area contributed by atoms with Gasteiger partial charge in [-0.15, -0.1) is 0 Å². The summed E-state index contributed by atoms with van der Waals surface area (Å²) in [7, 11) is -3.35. The second-order valence-electron chi connectivity index (χ2n) is 6.73. The SMILES string of the molecule is O=S(=O)(N1CCOCC1)N1CCN(Cc2ccc3c(c2)CCO3)CC1. The minimum absolute atomic E-state index is 0.458. The van der Waals surface area contributed by atoms with E-state index in [1.807, 2.05) is 0 Å². The van der Waals surface area contributed by atoms with Gasteiger partial charge in [-0.2, -0.15) is 17.0 Å². The molecule has 138 valence electrons. The maximum absolute atomic E-state index is 12.7. The largest absolute Gasteiger partial charge is 0.493 e. The van der Waals surface area contributed by atoms with Crippen molar-refractivity contribution in [1.82, 2.24) is 13.5 Å². The Labute approximate surface area is 149 Å². The van der Waals surface area contributed by atoms with Crippen LogP contribution in [0, 0.1) is 0 Å². The van der Waals surface area contributed by atoms with Crippen LogP contribution in [0.5, 0.6) is 5.75 Å². The van der Waals surface area contributed by atoms with Crippen molar-refractivity contribution < 1.29 is 17.9 Å². The Morgan fingerprint density at radius 3 is 2.40 bits per heavy atom. The molecule has 2 saturated heterocycles. The van der Waals surface area contributed by atoms with Gasteiger partial charge in [0.25, 0.3) is 10.2 Å². The van der Waals surface area contributed by atoms with Gasteiger partial charge in [-0.1, -0.05) is 12.1 Å². The van der Waals surface area contributed by atoms with Gasteiger partial charge >= 0.3 is 0 Å². The fraction of sp³-hybridized carbons (Fsp3) is 0.647. The molecule has 3 aliphatic heterocycles. The first-order chi connectivity index (χ1) is 12.1. The number of hydrogen-bond acceptors (Lipinski definition) is 5. The van der Waals surface area contributed by atoms with Gasteiger partial charge < -0.3 is 9.47 Å². The van der Waals surface area contributed by atoms with Gasteiger partial charge in [0.1, 0.15) is 5.75 Å². The van der Waals surface area contributed by atoms with E-state index in [1.165, 1.54) is 11.1 Å². The molecule has 1 aromatic carbocycles. The average molecular weight is 367 g/mol. The van der Waals surface area contributed by atoms with Gasteiger partial charge in [0.05, 0.1) is 19.8 Å². The molecule has 25 heavy (non-hydrogen) atoms. The van der Waals surface area contributed by atoms with E-state index in [0.717, 1.165) is 38.4 Å². The highest BCUT2D eigenvalue weighted by Gasteiger charge is 2.33. The van der Waals surface area contributed by atoms with Crippen molar-refractivity contribution in [2.45, 2.75) is 13.0 Å². The van der Waals surface area contributed by atoms with Gasteiger partial charge in [-0.05, 0) is 17.2 Å². The van der Waals surface area contributed by atoms with E-state index in [1.54, 1.807) is 8.61 Å². The van der Waals surface area contributed by atoms with E-state index in [4.69, 9.17) is 9.47 Å². The molecule has 0 aliphatic carbocycles. The lowest BCUT2D eigenvalue weighted by molar-refractivity contribution is 0.0684. The number of piperazine rings is 1. The first kappa shape index (κ1) is 17.2. The molecule has 0 N–H and O–H groups in total. The van der Waals surface area contributed by atoms with Crippen molar-refractivity contribution in [1.29, 1.82) is 0 Å². The van der Waals surface area contributed by atoms with Gasteiger partial charge in [0.2, 0.25) is 0 Å². The van der Waals surface area contributed by atoms with Crippen LogP contribution >= 0.6 is 0 Å². The molecule has 3 aliphatic rings. The quantitative estimate of drug-likeness (QED) is 0.767. The van der Waals surface area contributed by atoms with Crippen LogP contribution in [0.25, 0.3) is 0 Å². The third kappa shape index (κ3) is 3.68. The molecule has 0 bridgehead atoms. The summed E-state index contributed by atoms with van der Waals surface area (Å²) in [6, 6.07) is 6.39. The van der Waals surface area contributed by atoms with Crippen LogP contribution < -0.4 is 4.74 Å². The molecule has 0 aromatic heterocycles. The minimum Gasteiger partial charge on any atom is -0.493 e. The van der Waals surface area contributed by atoms with E-state index in [-0.39, 0.29) is 0 Å². The Hall–Kier alpha value is -1.19. The molecule has 1 aromatic rings. The van der Waals surface area contributed by atoms with Crippen molar-refractivity contribution in [2.24, 2.45) is 0 Å². The lowest BCUT2D eigenvalue weighted by atomic mass is 10.1. The molecule has 0 amide bonds. The number of rotatable bonds is 4. The zero-order valence-electron chi connectivity index (χ0n) is 14.4. The molecule has 0 atom stereocenters. The molecule has 0 unspecified atom stereocenters. The van der Waals surface area contributed by atoms with E-state index in [2.05, 4.69) is 23.1 Å². The molecule has 8 heteroatoms. The first-order valence-corrected chi connectivity index (χ1v) is 10.3. The molecule has 4 rings (SSSR count). The van der Waals surface area contributed by atoms with Crippen molar-refractivity contribution in [2.75, 3.05) is 59.1 Å². The highest BCUT2D eigenvalue weighted by atomic mass is 32.2. The van der Waals surface area contributed by atoms with Crippen LogP contribution in [-0.2, 0) is 27.9 Å². The van der Waals surface area contributed by atoms with Gasteiger partial charge in [0.15, 0.2) is 0 Å². The highest BCUT2D eigenvalue weighted by molar-refractivity contribution is 7.86. The standard InChI is InChI=1S/C17H25N3O4S/c21-25(22,20-8-11-23-12-9-20)19-6-4-18(5-7-19)14-15-1-2-17-16(13-15)3-10-24-17/h1-2,13H,3-12,14H2. The van der Waals surface area contributed by atoms with Crippen LogP contribution in [0.15, 0.2) is 18.2 Å². The molecule has 0 saturated carbocycles. The van der Waals surface area contributed by atoms with Gasteiger partial charge in [-0.25, -0.2) is 0 Å². The summed E-state index contributed by atoms with van der Waals surface area (Å²) in [5.74, 6) is 1.00. The number of fused-ring (bicyclic) bond motifs is 1. The second-order valence-corrected chi connectivity index (χ2v) is 8.66. The summed E-state index contributed by atoms with van der Waals surface area (Å²) >= 11 is 0. The number of nitrogens with zero attached hydrogens (tertiary/aromatic N) is 3. The molecular weight excluding hydrogens is 342 g/mol. The summed E-state index contributed by atoms with van der Waals surface area (Å²) in [6.07, 6.45) is 0.981. The maximum atomic E-state index is 12.7. The van der Waals surface area contributed by atoms with E-state index >= 15 is 0 Å². The predicted octanol–water partition coefficient (Wildman–Crippen LogP) is 0.316. The number of ether oxygens (including phenoxy) is 2. The van der Waals surface area contributed by atoms with Crippen LogP contribution in [0.4, 0.5) is 0 Å².